The van der Waals surface area contributed by atoms with Crippen LogP contribution in [0.3, 0.4) is 0 Å². The van der Waals surface area contributed by atoms with Gasteiger partial charge in [0, 0.05) is 22.7 Å². The third-order valence-electron chi connectivity index (χ3n) is 3.21. The number of hydrogen-bond donors (Lipinski definition) is 1. The van der Waals surface area contributed by atoms with Crippen LogP contribution < -0.4 is 0 Å². The summed E-state index contributed by atoms with van der Waals surface area (Å²) in [6, 6.07) is 7.14. The molecule has 0 saturated heterocycles. The van der Waals surface area contributed by atoms with Crippen LogP contribution in [0.1, 0.15) is 18.7 Å². The number of nitrogens with zero attached hydrogens (tertiary/aromatic N) is 1. The predicted octanol–water partition coefficient (Wildman–Crippen LogP) is 2.98. The van der Waals surface area contributed by atoms with Crippen molar-refractivity contribution in [2.24, 2.45) is 0 Å². The standard InChI is InChI=1S/C15H19NO3S2/c1-4-9-16(11(2)3)21(18,19)15-12-7-5-6-8-13(12)20-14(15)10-17/h4-8,11,17H,1,9-10H2,2-3H3. The Labute approximate surface area is 129 Å². The number of benzene rings is 1. The van der Waals surface area contributed by atoms with Gasteiger partial charge in [-0.05, 0) is 19.9 Å². The van der Waals surface area contributed by atoms with E-state index in [0.29, 0.717) is 10.3 Å². The number of aliphatic hydroxyl groups is 1. The van der Waals surface area contributed by atoms with Crippen LogP contribution in [-0.4, -0.2) is 30.4 Å². The first-order valence-electron chi connectivity index (χ1n) is 6.67. The van der Waals surface area contributed by atoms with Crippen LogP contribution in [0.5, 0.6) is 0 Å². The van der Waals surface area contributed by atoms with Crippen LogP contribution in [0.25, 0.3) is 10.1 Å². The second-order valence-electron chi connectivity index (χ2n) is 4.97. The molecule has 0 bridgehead atoms. The second kappa shape index (κ2) is 6.27. The van der Waals surface area contributed by atoms with E-state index in [-0.39, 0.29) is 24.1 Å². The Balaban J connectivity index is 2.71. The summed E-state index contributed by atoms with van der Waals surface area (Å²) >= 11 is 1.32. The lowest BCUT2D eigenvalue weighted by Crippen LogP contribution is -2.37. The van der Waals surface area contributed by atoms with Crippen molar-refractivity contribution in [1.82, 2.24) is 4.31 Å². The Morgan fingerprint density at radius 1 is 1.38 bits per heavy atom. The molecule has 0 atom stereocenters. The number of sulfonamides is 1. The molecule has 0 saturated carbocycles. The summed E-state index contributed by atoms with van der Waals surface area (Å²) in [5.74, 6) is 0. The molecule has 0 spiro atoms. The quantitative estimate of drug-likeness (QED) is 0.831. The van der Waals surface area contributed by atoms with Gasteiger partial charge in [0.2, 0.25) is 10.0 Å². The van der Waals surface area contributed by atoms with Crippen molar-refractivity contribution in [3.8, 4) is 0 Å². The van der Waals surface area contributed by atoms with Crippen LogP contribution in [0.15, 0.2) is 41.8 Å². The fraction of sp³-hybridized carbons (Fsp3) is 0.333. The fourth-order valence-electron chi connectivity index (χ4n) is 2.29. The normalized spacial score (nSPS) is 12.4. The van der Waals surface area contributed by atoms with Gasteiger partial charge in [0.05, 0.1) is 11.5 Å². The van der Waals surface area contributed by atoms with Crippen LogP contribution in [0, 0.1) is 0 Å². The molecule has 1 heterocycles. The molecule has 0 aliphatic heterocycles. The Morgan fingerprint density at radius 3 is 2.62 bits per heavy atom. The minimum absolute atomic E-state index is 0.182. The third kappa shape index (κ3) is 2.89. The lowest BCUT2D eigenvalue weighted by Gasteiger charge is -2.24. The summed E-state index contributed by atoms with van der Waals surface area (Å²) in [6.07, 6.45) is 1.57. The highest BCUT2D eigenvalue weighted by molar-refractivity contribution is 7.89. The van der Waals surface area contributed by atoms with Gasteiger partial charge in [-0.1, -0.05) is 24.3 Å². The van der Waals surface area contributed by atoms with E-state index in [1.165, 1.54) is 15.6 Å². The summed E-state index contributed by atoms with van der Waals surface area (Å²) in [4.78, 5) is 0.701. The molecule has 1 aromatic heterocycles. The summed E-state index contributed by atoms with van der Waals surface area (Å²) in [6.45, 7) is 7.25. The lowest BCUT2D eigenvalue weighted by molar-refractivity contribution is 0.282. The monoisotopic (exact) mass is 325 g/mol. The SMILES string of the molecule is C=CCN(C(C)C)S(=O)(=O)c1c(CO)sc2ccccc12. The minimum Gasteiger partial charge on any atom is -0.391 e. The molecule has 0 unspecified atom stereocenters. The lowest BCUT2D eigenvalue weighted by atomic mass is 10.2. The zero-order valence-electron chi connectivity index (χ0n) is 12.1. The molecule has 0 aliphatic carbocycles. The predicted molar refractivity (Wildman–Crippen MR) is 87.0 cm³/mol. The van der Waals surface area contributed by atoms with Gasteiger partial charge < -0.3 is 5.11 Å². The van der Waals surface area contributed by atoms with Crippen LogP contribution >= 0.6 is 11.3 Å². The van der Waals surface area contributed by atoms with E-state index in [1.54, 1.807) is 12.1 Å². The Hall–Kier alpha value is -1.21. The van der Waals surface area contributed by atoms with E-state index in [9.17, 15) is 13.5 Å². The molecule has 4 nitrogen and oxygen atoms in total. The molecule has 2 rings (SSSR count). The number of rotatable bonds is 6. The first-order chi connectivity index (χ1) is 9.93. The molecule has 0 fully saturated rings. The zero-order valence-corrected chi connectivity index (χ0v) is 13.7. The van der Waals surface area contributed by atoms with E-state index < -0.39 is 10.0 Å². The van der Waals surface area contributed by atoms with Crippen molar-refractivity contribution in [2.75, 3.05) is 6.54 Å². The number of aliphatic hydroxyl groups excluding tert-OH is 1. The number of fused-ring (bicyclic) bond motifs is 1. The van der Waals surface area contributed by atoms with Gasteiger partial charge in [-0.3, -0.25) is 0 Å². The van der Waals surface area contributed by atoms with E-state index in [4.69, 9.17) is 0 Å². The van der Waals surface area contributed by atoms with Crippen molar-refractivity contribution >= 4 is 31.4 Å². The van der Waals surface area contributed by atoms with E-state index >= 15 is 0 Å². The van der Waals surface area contributed by atoms with Crippen LogP contribution in [0.4, 0.5) is 0 Å². The molecule has 0 radical (unpaired) electrons. The van der Waals surface area contributed by atoms with Gasteiger partial charge in [0.15, 0.2) is 0 Å². The summed E-state index contributed by atoms with van der Waals surface area (Å²) in [7, 11) is -3.68. The fourth-order valence-corrected chi connectivity index (χ4v) is 5.65. The maximum absolute atomic E-state index is 13.0. The average Bonchev–Trinajstić information content (AvgIpc) is 2.83. The van der Waals surface area contributed by atoms with Crippen LogP contribution in [0.2, 0.25) is 0 Å². The third-order valence-corrected chi connectivity index (χ3v) is 6.67. The summed E-state index contributed by atoms with van der Waals surface area (Å²) in [5.41, 5.74) is 0. The van der Waals surface area contributed by atoms with Crippen molar-refractivity contribution in [3.63, 3.8) is 0 Å². The highest BCUT2D eigenvalue weighted by Crippen LogP contribution is 2.36. The highest BCUT2D eigenvalue weighted by atomic mass is 32.2. The first kappa shape index (κ1) is 16.2. The largest absolute Gasteiger partial charge is 0.391 e. The maximum Gasteiger partial charge on any atom is 0.245 e. The molecule has 0 amide bonds. The Morgan fingerprint density at radius 2 is 2.05 bits per heavy atom. The molecule has 6 heteroatoms. The second-order valence-corrected chi connectivity index (χ2v) is 7.93. The summed E-state index contributed by atoms with van der Waals surface area (Å²) in [5, 5.41) is 10.2. The Kier molecular flexibility index (Phi) is 4.83. The number of hydrogen-bond acceptors (Lipinski definition) is 4. The van der Waals surface area contributed by atoms with Crippen molar-refractivity contribution in [2.45, 2.75) is 31.4 Å². The number of thiophene rings is 1. The minimum atomic E-state index is -3.68. The molecule has 2 aromatic rings. The van der Waals surface area contributed by atoms with Crippen LogP contribution in [-0.2, 0) is 16.6 Å². The Bertz CT molecular complexity index is 747. The topological polar surface area (TPSA) is 57.6 Å². The molecular weight excluding hydrogens is 306 g/mol. The average molecular weight is 325 g/mol. The van der Waals surface area contributed by atoms with Gasteiger partial charge in [-0.15, -0.1) is 17.9 Å². The van der Waals surface area contributed by atoms with Gasteiger partial charge in [-0.25, -0.2) is 8.42 Å². The van der Waals surface area contributed by atoms with Crippen molar-refractivity contribution < 1.29 is 13.5 Å². The van der Waals surface area contributed by atoms with Gasteiger partial charge in [0.25, 0.3) is 0 Å². The smallest absolute Gasteiger partial charge is 0.245 e. The molecule has 1 N–H and O–H groups in total. The van der Waals surface area contributed by atoms with E-state index in [0.717, 1.165) is 4.70 Å². The van der Waals surface area contributed by atoms with Crippen molar-refractivity contribution in [1.29, 1.82) is 0 Å². The summed E-state index contributed by atoms with van der Waals surface area (Å²) < 4.78 is 28.2. The van der Waals surface area contributed by atoms with Crippen molar-refractivity contribution in [3.05, 3.63) is 41.8 Å². The van der Waals surface area contributed by atoms with E-state index in [2.05, 4.69) is 6.58 Å². The maximum atomic E-state index is 13.0. The molecule has 21 heavy (non-hydrogen) atoms. The van der Waals surface area contributed by atoms with Gasteiger partial charge in [-0.2, -0.15) is 4.31 Å². The molecule has 1 aromatic carbocycles. The molecular formula is C15H19NO3S2. The zero-order chi connectivity index (χ0) is 15.6. The van der Waals surface area contributed by atoms with Gasteiger partial charge >= 0.3 is 0 Å². The highest BCUT2D eigenvalue weighted by Gasteiger charge is 2.31. The van der Waals surface area contributed by atoms with E-state index in [1.807, 2.05) is 32.0 Å². The molecule has 114 valence electrons. The van der Waals surface area contributed by atoms with Gasteiger partial charge in [0.1, 0.15) is 4.90 Å². The molecule has 0 aliphatic rings. The first-order valence-corrected chi connectivity index (χ1v) is 8.93.